The molecule has 1 aromatic rings. The van der Waals surface area contributed by atoms with Gasteiger partial charge in [-0.3, -0.25) is 14.4 Å². The Morgan fingerprint density at radius 1 is 1.59 bits per heavy atom. The molecule has 0 saturated carbocycles. The molecule has 0 aromatic carbocycles. The van der Waals surface area contributed by atoms with Gasteiger partial charge in [-0.05, 0) is 19.4 Å². The summed E-state index contributed by atoms with van der Waals surface area (Å²) in [6.45, 7) is 1.65. The molecule has 1 aliphatic heterocycles. The van der Waals surface area contributed by atoms with Crippen molar-refractivity contribution < 1.29 is 9.90 Å². The van der Waals surface area contributed by atoms with Crippen LogP contribution >= 0.6 is 0 Å². The molecule has 1 aromatic heterocycles. The Bertz CT molecular complexity index is 391. The predicted molar refractivity (Wildman–Crippen MR) is 61.3 cm³/mol. The zero-order valence-corrected chi connectivity index (χ0v) is 10.0. The molecular formula is C11H18N4O2. The first-order valence-corrected chi connectivity index (χ1v) is 5.96. The summed E-state index contributed by atoms with van der Waals surface area (Å²) < 4.78 is 1.67. The number of nitrogens with zero attached hydrogens (tertiary/aromatic N) is 4. The lowest BCUT2D eigenvalue weighted by atomic mass is 9.99. The third-order valence-electron chi connectivity index (χ3n) is 3.17. The number of aryl methyl sites for hydroxylation is 1. The number of carboxylic acid groups (broad SMARTS) is 1. The van der Waals surface area contributed by atoms with E-state index in [0.29, 0.717) is 6.54 Å². The van der Waals surface area contributed by atoms with Crippen LogP contribution in [0.25, 0.3) is 0 Å². The second-order valence-electron chi connectivity index (χ2n) is 4.60. The number of hydrogen-bond donors (Lipinski definition) is 1. The third kappa shape index (κ3) is 3.26. The molecule has 0 spiro atoms. The number of carbonyl (C=O) groups is 1. The van der Waals surface area contributed by atoms with E-state index in [1.807, 2.05) is 13.2 Å². The minimum Gasteiger partial charge on any atom is -0.481 e. The Labute approximate surface area is 100 Å². The predicted octanol–water partition coefficient (Wildman–Crippen LogP) is 0.644. The molecule has 1 fully saturated rings. The fourth-order valence-electron chi connectivity index (χ4n) is 2.38. The summed E-state index contributed by atoms with van der Waals surface area (Å²) >= 11 is 0. The average molecular weight is 238 g/mol. The van der Waals surface area contributed by atoms with Crippen molar-refractivity contribution in [2.75, 3.05) is 6.54 Å². The maximum absolute atomic E-state index is 10.8. The summed E-state index contributed by atoms with van der Waals surface area (Å²) in [6.07, 6.45) is 5.32. The molecule has 1 N–H and O–H groups in total. The van der Waals surface area contributed by atoms with E-state index < -0.39 is 5.97 Å². The first-order chi connectivity index (χ1) is 8.15. The Morgan fingerprint density at radius 3 is 3.06 bits per heavy atom. The molecule has 2 rings (SSSR count). The highest BCUT2D eigenvalue weighted by atomic mass is 16.4. The molecule has 0 bridgehead atoms. The Balaban J connectivity index is 1.98. The molecule has 1 atom stereocenters. The van der Waals surface area contributed by atoms with Crippen LogP contribution in [-0.2, 0) is 18.4 Å². The summed E-state index contributed by atoms with van der Waals surface area (Å²) in [7, 11) is 1.83. The van der Waals surface area contributed by atoms with Crippen LogP contribution in [0.2, 0.25) is 0 Å². The third-order valence-corrected chi connectivity index (χ3v) is 3.17. The molecule has 0 aliphatic carbocycles. The molecular weight excluding hydrogens is 220 g/mol. The molecule has 6 nitrogen and oxygen atoms in total. The molecule has 1 aliphatic rings. The number of aromatic nitrogens is 3. The minimum absolute atomic E-state index is 0.142. The van der Waals surface area contributed by atoms with Gasteiger partial charge in [-0.1, -0.05) is 11.6 Å². The van der Waals surface area contributed by atoms with Crippen LogP contribution in [0.1, 0.15) is 31.4 Å². The fraction of sp³-hybridized carbons (Fsp3) is 0.727. The first-order valence-electron chi connectivity index (χ1n) is 5.96. The van der Waals surface area contributed by atoms with E-state index in [1.165, 1.54) is 0 Å². The molecule has 94 valence electrons. The Morgan fingerprint density at radius 2 is 2.41 bits per heavy atom. The highest BCUT2D eigenvalue weighted by molar-refractivity contribution is 5.67. The van der Waals surface area contributed by atoms with Crippen molar-refractivity contribution in [1.82, 2.24) is 19.9 Å². The van der Waals surface area contributed by atoms with E-state index in [2.05, 4.69) is 15.2 Å². The molecule has 0 amide bonds. The van der Waals surface area contributed by atoms with Gasteiger partial charge in [-0.2, -0.15) is 0 Å². The summed E-state index contributed by atoms with van der Waals surface area (Å²) in [5.74, 6) is -0.721. The van der Waals surface area contributed by atoms with Crippen molar-refractivity contribution in [3.8, 4) is 0 Å². The highest BCUT2D eigenvalue weighted by Gasteiger charge is 2.25. The summed E-state index contributed by atoms with van der Waals surface area (Å²) in [6, 6.07) is 0.142. The van der Waals surface area contributed by atoms with Gasteiger partial charge in [-0.15, -0.1) is 5.10 Å². The van der Waals surface area contributed by atoms with E-state index in [1.54, 1.807) is 4.68 Å². The van der Waals surface area contributed by atoms with Crippen LogP contribution in [0, 0.1) is 0 Å². The van der Waals surface area contributed by atoms with E-state index in [9.17, 15) is 4.79 Å². The molecule has 2 heterocycles. The van der Waals surface area contributed by atoms with Crippen molar-refractivity contribution in [2.24, 2.45) is 7.05 Å². The lowest BCUT2D eigenvalue weighted by Crippen LogP contribution is -2.40. The minimum atomic E-state index is -0.721. The zero-order valence-electron chi connectivity index (χ0n) is 10.0. The van der Waals surface area contributed by atoms with Crippen LogP contribution in [-0.4, -0.2) is 43.6 Å². The fourth-order valence-corrected chi connectivity index (χ4v) is 2.38. The van der Waals surface area contributed by atoms with Gasteiger partial charge >= 0.3 is 5.97 Å². The van der Waals surface area contributed by atoms with Gasteiger partial charge in [0.25, 0.3) is 0 Å². The number of likely N-dealkylation sites (tertiary alicyclic amines) is 1. The van der Waals surface area contributed by atoms with Crippen molar-refractivity contribution in [3.05, 3.63) is 11.9 Å². The summed E-state index contributed by atoms with van der Waals surface area (Å²) in [4.78, 5) is 13.0. The maximum atomic E-state index is 10.8. The normalized spacial score (nSPS) is 21.6. The van der Waals surface area contributed by atoms with Crippen LogP contribution in [0.5, 0.6) is 0 Å². The second-order valence-corrected chi connectivity index (χ2v) is 4.60. The molecule has 0 radical (unpaired) electrons. The number of piperidine rings is 1. The van der Waals surface area contributed by atoms with Crippen LogP contribution in [0.4, 0.5) is 0 Å². The molecule has 17 heavy (non-hydrogen) atoms. The lowest BCUT2D eigenvalue weighted by molar-refractivity contribution is -0.138. The Hall–Kier alpha value is -1.43. The molecule has 1 unspecified atom stereocenters. The van der Waals surface area contributed by atoms with Crippen LogP contribution in [0.15, 0.2) is 6.20 Å². The first kappa shape index (κ1) is 12.0. The monoisotopic (exact) mass is 238 g/mol. The SMILES string of the molecule is Cn1cc(CN2CCCCC2CC(=O)O)nn1. The number of rotatable bonds is 4. The van der Waals surface area contributed by atoms with E-state index >= 15 is 0 Å². The van der Waals surface area contributed by atoms with Gasteiger partial charge in [0.2, 0.25) is 0 Å². The summed E-state index contributed by atoms with van der Waals surface area (Å²) in [5.41, 5.74) is 0.907. The topological polar surface area (TPSA) is 71.2 Å². The van der Waals surface area contributed by atoms with Crippen molar-refractivity contribution in [2.45, 2.75) is 38.3 Å². The molecule has 1 saturated heterocycles. The highest BCUT2D eigenvalue weighted by Crippen LogP contribution is 2.21. The van der Waals surface area contributed by atoms with Crippen molar-refractivity contribution in [3.63, 3.8) is 0 Å². The molecule has 6 heteroatoms. The van der Waals surface area contributed by atoms with Crippen molar-refractivity contribution in [1.29, 1.82) is 0 Å². The second kappa shape index (κ2) is 5.27. The van der Waals surface area contributed by atoms with Gasteiger partial charge < -0.3 is 5.11 Å². The lowest BCUT2D eigenvalue weighted by Gasteiger charge is -2.34. The zero-order chi connectivity index (χ0) is 12.3. The van der Waals surface area contributed by atoms with E-state index in [-0.39, 0.29) is 12.5 Å². The number of hydrogen-bond acceptors (Lipinski definition) is 4. The van der Waals surface area contributed by atoms with Crippen LogP contribution in [0.3, 0.4) is 0 Å². The number of aliphatic carboxylic acids is 1. The van der Waals surface area contributed by atoms with Gasteiger partial charge in [0.15, 0.2) is 0 Å². The average Bonchev–Trinajstić information content (AvgIpc) is 2.66. The van der Waals surface area contributed by atoms with Gasteiger partial charge in [-0.25, -0.2) is 0 Å². The van der Waals surface area contributed by atoms with E-state index in [4.69, 9.17) is 5.11 Å². The maximum Gasteiger partial charge on any atom is 0.304 e. The van der Waals surface area contributed by atoms with Crippen LogP contribution < -0.4 is 0 Å². The Kier molecular flexibility index (Phi) is 3.73. The standard InChI is InChI=1S/C11H18N4O2/c1-14-7-9(12-13-14)8-15-5-3-2-4-10(15)6-11(16)17/h7,10H,2-6,8H2,1H3,(H,16,17). The van der Waals surface area contributed by atoms with Gasteiger partial charge in [0.1, 0.15) is 0 Å². The van der Waals surface area contributed by atoms with Crippen molar-refractivity contribution >= 4 is 5.97 Å². The smallest absolute Gasteiger partial charge is 0.304 e. The largest absolute Gasteiger partial charge is 0.481 e. The quantitative estimate of drug-likeness (QED) is 0.833. The number of carboxylic acids is 1. The summed E-state index contributed by atoms with van der Waals surface area (Å²) in [5, 5.41) is 16.8. The van der Waals surface area contributed by atoms with Gasteiger partial charge in [0, 0.05) is 25.8 Å². The van der Waals surface area contributed by atoms with Gasteiger partial charge in [0.05, 0.1) is 12.1 Å². The van der Waals surface area contributed by atoms with E-state index in [0.717, 1.165) is 31.5 Å².